The summed E-state index contributed by atoms with van der Waals surface area (Å²) in [5.41, 5.74) is 2.38. The molecule has 0 atom stereocenters. The Morgan fingerprint density at radius 1 is 1.24 bits per heavy atom. The molecule has 2 aromatic rings. The fourth-order valence-corrected chi connectivity index (χ4v) is 1.99. The lowest BCUT2D eigenvalue weighted by molar-refractivity contribution is 0.491. The van der Waals surface area contributed by atoms with Gasteiger partial charge in [0.2, 0.25) is 0 Å². The molecule has 1 N–H and O–H groups in total. The van der Waals surface area contributed by atoms with Crippen LogP contribution < -0.4 is 5.32 Å². The molecule has 0 aliphatic carbocycles. The van der Waals surface area contributed by atoms with Gasteiger partial charge in [0, 0.05) is 25.7 Å². The molecule has 116 valence electrons. The van der Waals surface area contributed by atoms with E-state index in [0.29, 0.717) is 18.0 Å². The number of rotatable bonds is 5. The van der Waals surface area contributed by atoms with E-state index in [4.69, 9.17) is 0 Å². The third kappa shape index (κ3) is 4.25. The molecule has 0 saturated carbocycles. The van der Waals surface area contributed by atoms with Crippen LogP contribution in [0.25, 0.3) is 0 Å². The lowest BCUT2D eigenvalue weighted by Gasteiger charge is -2.06. The summed E-state index contributed by atoms with van der Waals surface area (Å²) in [7, 11) is 1.88. The van der Waals surface area contributed by atoms with E-state index < -0.39 is 11.6 Å². The highest BCUT2D eigenvalue weighted by atomic mass is 35.5. The van der Waals surface area contributed by atoms with Crippen molar-refractivity contribution in [2.75, 3.05) is 0 Å². The highest BCUT2D eigenvalue weighted by Crippen LogP contribution is 2.14. The third-order valence-electron chi connectivity index (χ3n) is 3.24. The van der Waals surface area contributed by atoms with E-state index in [2.05, 4.69) is 24.3 Å². The minimum absolute atomic E-state index is 0. The predicted molar refractivity (Wildman–Crippen MR) is 81.4 cm³/mol. The van der Waals surface area contributed by atoms with Gasteiger partial charge in [-0.15, -0.1) is 12.4 Å². The fourth-order valence-electron chi connectivity index (χ4n) is 1.99. The fraction of sp³-hybridized carbons (Fsp3) is 0.400. The summed E-state index contributed by atoms with van der Waals surface area (Å²) in [6, 6.07) is 6.24. The molecule has 0 amide bonds. The monoisotopic (exact) mass is 315 g/mol. The van der Waals surface area contributed by atoms with E-state index in [1.807, 2.05) is 17.8 Å². The zero-order valence-corrected chi connectivity index (χ0v) is 13.2. The molecule has 3 nitrogen and oxygen atoms in total. The van der Waals surface area contributed by atoms with Crippen molar-refractivity contribution in [3.63, 3.8) is 0 Å². The molecular weight excluding hydrogens is 296 g/mol. The second-order valence-corrected chi connectivity index (χ2v) is 5.16. The molecule has 1 aromatic carbocycles. The normalized spacial score (nSPS) is 10.8. The van der Waals surface area contributed by atoms with Crippen molar-refractivity contribution in [2.45, 2.75) is 32.9 Å². The molecule has 1 heterocycles. The van der Waals surface area contributed by atoms with Gasteiger partial charge in [-0.1, -0.05) is 26.0 Å². The van der Waals surface area contributed by atoms with E-state index in [1.165, 1.54) is 6.07 Å². The van der Waals surface area contributed by atoms with Gasteiger partial charge in [0.25, 0.3) is 0 Å². The van der Waals surface area contributed by atoms with E-state index in [9.17, 15) is 8.78 Å². The van der Waals surface area contributed by atoms with Crippen LogP contribution in [0.4, 0.5) is 8.78 Å². The molecule has 21 heavy (non-hydrogen) atoms. The first kappa shape index (κ1) is 17.6. The number of hydrogen-bond acceptors (Lipinski definition) is 2. The number of aromatic nitrogens is 2. The lowest BCUT2D eigenvalue weighted by Crippen LogP contribution is -2.16. The Kier molecular flexibility index (Phi) is 6.30. The maximum atomic E-state index is 13.5. The van der Waals surface area contributed by atoms with Crippen LogP contribution in [0.2, 0.25) is 0 Å². The Hall–Kier alpha value is -1.46. The van der Waals surface area contributed by atoms with Gasteiger partial charge in [-0.25, -0.2) is 8.78 Å². The van der Waals surface area contributed by atoms with Crippen molar-refractivity contribution in [3.8, 4) is 0 Å². The average molecular weight is 316 g/mol. The van der Waals surface area contributed by atoms with E-state index in [0.717, 1.165) is 17.5 Å². The second-order valence-electron chi connectivity index (χ2n) is 5.16. The van der Waals surface area contributed by atoms with Gasteiger partial charge in [0.1, 0.15) is 0 Å². The average Bonchev–Trinajstić information content (AvgIpc) is 2.76. The number of nitrogens with one attached hydrogen (secondary N) is 1. The van der Waals surface area contributed by atoms with Crippen LogP contribution in [0.5, 0.6) is 0 Å². The van der Waals surface area contributed by atoms with Gasteiger partial charge in [0.05, 0.1) is 11.4 Å². The minimum atomic E-state index is -0.813. The van der Waals surface area contributed by atoms with Crippen molar-refractivity contribution in [1.82, 2.24) is 15.1 Å². The van der Waals surface area contributed by atoms with Crippen molar-refractivity contribution in [3.05, 3.63) is 52.9 Å². The molecule has 0 aliphatic rings. The summed E-state index contributed by atoms with van der Waals surface area (Å²) in [5, 5.41) is 7.52. The van der Waals surface area contributed by atoms with Crippen molar-refractivity contribution in [2.24, 2.45) is 7.05 Å². The Balaban J connectivity index is 0.00000220. The minimum Gasteiger partial charge on any atom is -0.307 e. The van der Waals surface area contributed by atoms with Crippen LogP contribution in [0.3, 0.4) is 0 Å². The molecule has 0 aliphatic heterocycles. The number of aryl methyl sites for hydroxylation is 1. The zero-order valence-electron chi connectivity index (χ0n) is 12.4. The topological polar surface area (TPSA) is 29.9 Å². The van der Waals surface area contributed by atoms with Crippen LogP contribution in [-0.4, -0.2) is 9.78 Å². The molecule has 0 unspecified atom stereocenters. The van der Waals surface area contributed by atoms with E-state index in [1.54, 1.807) is 6.07 Å². The first-order valence-corrected chi connectivity index (χ1v) is 6.65. The van der Waals surface area contributed by atoms with Crippen molar-refractivity contribution in [1.29, 1.82) is 0 Å². The zero-order chi connectivity index (χ0) is 14.7. The first-order chi connectivity index (χ1) is 9.49. The third-order valence-corrected chi connectivity index (χ3v) is 3.24. The van der Waals surface area contributed by atoms with Crippen LogP contribution in [0, 0.1) is 11.6 Å². The van der Waals surface area contributed by atoms with Crippen LogP contribution in [0.1, 0.15) is 36.7 Å². The molecule has 0 spiro atoms. The van der Waals surface area contributed by atoms with Gasteiger partial charge in [0.15, 0.2) is 11.6 Å². The van der Waals surface area contributed by atoms with Crippen LogP contribution >= 0.6 is 12.4 Å². The van der Waals surface area contributed by atoms with Gasteiger partial charge < -0.3 is 5.32 Å². The van der Waals surface area contributed by atoms with Gasteiger partial charge in [-0.2, -0.15) is 5.10 Å². The summed E-state index contributed by atoms with van der Waals surface area (Å²) < 4.78 is 28.4. The highest BCUT2D eigenvalue weighted by Gasteiger charge is 2.09. The Morgan fingerprint density at radius 3 is 2.57 bits per heavy atom. The summed E-state index contributed by atoms with van der Waals surface area (Å²) in [5.74, 6) is -1.23. The van der Waals surface area contributed by atoms with E-state index >= 15 is 0 Å². The quantitative estimate of drug-likeness (QED) is 0.914. The van der Waals surface area contributed by atoms with E-state index in [-0.39, 0.29) is 19.0 Å². The van der Waals surface area contributed by atoms with Crippen molar-refractivity contribution >= 4 is 12.4 Å². The first-order valence-electron chi connectivity index (χ1n) is 6.65. The Labute approximate surface area is 129 Å². The number of hydrogen-bond donors (Lipinski definition) is 1. The highest BCUT2D eigenvalue weighted by molar-refractivity contribution is 5.85. The smallest absolute Gasteiger partial charge is 0.163 e. The lowest BCUT2D eigenvalue weighted by atomic mass is 10.1. The molecule has 0 fully saturated rings. The van der Waals surface area contributed by atoms with Gasteiger partial charge in [-0.3, -0.25) is 4.68 Å². The summed E-state index contributed by atoms with van der Waals surface area (Å²) >= 11 is 0. The molecule has 0 saturated heterocycles. The largest absolute Gasteiger partial charge is 0.307 e. The Bertz CT molecular complexity index is 597. The van der Waals surface area contributed by atoms with Gasteiger partial charge in [-0.05, 0) is 18.1 Å². The number of halogens is 3. The number of benzene rings is 1. The summed E-state index contributed by atoms with van der Waals surface area (Å²) in [4.78, 5) is 0. The predicted octanol–water partition coefficient (Wildman–Crippen LogP) is 3.53. The summed E-state index contributed by atoms with van der Waals surface area (Å²) in [6.45, 7) is 5.02. The molecule has 2 rings (SSSR count). The van der Waals surface area contributed by atoms with Gasteiger partial charge >= 0.3 is 0 Å². The van der Waals surface area contributed by atoms with Crippen LogP contribution in [0.15, 0.2) is 24.3 Å². The molecule has 0 radical (unpaired) electrons. The molecule has 0 bridgehead atoms. The number of nitrogens with zero attached hydrogens (tertiary/aromatic N) is 2. The SMILES string of the molecule is CC(C)c1cc(CNCc2cccc(F)c2F)n(C)n1.Cl. The summed E-state index contributed by atoms with van der Waals surface area (Å²) in [6.07, 6.45) is 0. The Morgan fingerprint density at radius 2 is 1.95 bits per heavy atom. The maximum absolute atomic E-state index is 13.5. The second kappa shape index (κ2) is 7.52. The standard InChI is InChI=1S/C15H19F2N3.ClH/c1-10(2)14-7-12(20(3)19-14)9-18-8-11-5-4-6-13(16)15(11)17;/h4-7,10,18H,8-9H2,1-3H3;1H. The van der Waals surface area contributed by atoms with Crippen LogP contribution in [-0.2, 0) is 20.1 Å². The molecule has 6 heteroatoms. The molecular formula is C15H20ClF2N3. The maximum Gasteiger partial charge on any atom is 0.163 e. The molecule has 1 aromatic heterocycles. The van der Waals surface area contributed by atoms with Crippen molar-refractivity contribution < 1.29 is 8.78 Å².